The molecule has 17 heavy (non-hydrogen) atoms. The van der Waals surface area contributed by atoms with E-state index in [2.05, 4.69) is 10.4 Å². The van der Waals surface area contributed by atoms with Crippen molar-refractivity contribution in [2.45, 2.75) is 18.9 Å². The summed E-state index contributed by atoms with van der Waals surface area (Å²) >= 11 is 1.63. The SMILES string of the molecule is Cn1nc(-c2cccs2)cc1C(=O)NC1CC1. The van der Waals surface area contributed by atoms with E-state index in [1.54, 1.807) is 23.1 Å². The van der Waals surface area contributed by atoms with Gasteiger partial charge in [-0.2, -0.15) is 5.10 Å². The van der Waals surface area contributed by atoms with Gasteiger partial charge in [0.15, 0.2) is 0 Å². The average molecular weight is 247 g/mol. The van der Waals surface area contributed by atoms with Crippen molar-refractivity contribution in [3.05, 3.63) is 29.3 Å². The topological polar surface area (TPSA) is 46.9 Å². The van der Waals surface area contributed by atoms with Crippen molar-refractivity contribution in [2.24, 2.45) is 7.05 Å². The highest BCUT2D eigenvalue weighted by atomic mass is 32.1. The number of nitrogens with one attached hydrogen (secondary N) is 1. The Balaban J connectivity index is 1.87. The van der Waals surface area contributed by atoms with Crippen LogP contribution in [0.15, 0.2) is 23.6 Å². The summed E-state index contributed by atoms with van der Waals surface area (Å²) in [6.07, 6.45) is 2.20. The van der Waals surface area contributed by atoms with Gasteiger partial charge in [-0.1, -0.05) is 6.07 Å². The van der Waals surface area contributed by atoms with E-state index in [9.17, 15) is 4.79 Å². The molecule has 0 spiro atoms. The molecule has 1 amide bonds. The fourth-order valence-corrected chi connectivity index (χ4v) is 2.39. The number of rotatable bonds is 3. The summed E-state index contributed by atoms with van der Waals surface area (Å²) in [4.78, 5) is 13.0. The molecule has 4 nitrogen and oxygen atoms in total. The normalized spacial score (nSPS) is 14.9. The number of nitrogens with zero attached hydrogens (tertiary/aromatic N) is 2. The molecule has 2 heterocycles. The van der Waals surface area contributed by atoms with Crippen molar-refractivity contribution in [1.82, 2.24) is 15.1 Å². The van der Waals surface area contributed by atoms with Gasteiger partial charge in [-0.15, -0.1) is 11.3 Å². The minimum atomic E-state index is -0.0229. The monoisotopic (exact) mass is 247 g/mol. The van der Waals surface area contributed by atoms with Gasteiger partial charge in [0, 0.05) is 13.1 Å². The molecule has 0 radical (unpaired) electrons. The number of hydrogen-bond acceptors (Lipinski definition) is 3. The highest BCUT2D eigenvalue weighted by molar-refractivity contribution is 7.13. The Labute approximate surface area is 103 Å². The Hall–Kier alpha value is -1.62. The van der Waals surface area contributed by atoms with E-state index >= 15 is 0 Å². The van der Waals surface area contributed by atoms with Crippen molar-refractivity contribution in [3.8, 4) is 10.6 Å². The Kier molecular flexibility index (Phi) is 2.48. The summed E-state index contributed by atoms with van der Waals surface area (Å²) in [6.45, 7) is 0. The van der Waals surface area contributed by atoms with Gasteiger partial charge in [0.25, 0.3) is 5.91 Å². The van der Waals surface area contributed by atoms with Crippen LogP contribution in [0.4, 0.5) is 0 Å². The van der Waals surface area contributed by atoms with Crippen LogP contribution < -0.4 is 5.32 Å². The zero-order valence-electron chi connectivity index (χ0n) is 9.51. The zero-order valence-corrected chi connectivity index (χ0v) is 10.3. The first-order valence-electron chi connectivity index (χ1n) is 5.63. The smallest absolute Gasteiger partial charge is 0.269 e. The third-order valence-electron chi connectivity index (χ3n) is 2.80. The molecule has 1 saturated carbocycles. The second-order valence-electron chi connectivity index (χ2n) is 4.26. The van der Waals surface area contributed by atoms with Crippen molar-refractivity contribution >= 4 is 17.2 Å². The molecule has 0 aromatic carbocycles. The summed E-state index contributed by atoms with van der Waals surface area (Å²) in [7, 11) is 1.80. The van der Waals surface area contributed by atoms with Crippen LogP contribution in [0.1, 0.15) is 23.3 Å². The van der Waals surface area contributed by atoms with Crippen LogP contribution in [-0.2, 0) is 7.05 Å². The first-order valence-corrected chi connectivity index (χ1v) is 6.51. The summed E-state index contributed by atoms with van der Waals surface area (Å²) in [6, 6.07) is 6.22. The minimum absolute atomic E-state index is 0.0229. The van der Waals surface area contributed by atoms with Crippen molar-refractivity contribution in [2.75, 3.05) is 0 Å². The van der Waals surface area contributed by atoms with Gasteiger partial charge in [-0.05, 0) is 30.4 Å². The van der Waals surface area contributed by atoms with Gasteiger partial charge >= 0.3 is 0 Å². The highest BCUT2D eigenvalue weighted by Gasteiger charge is 2.25. The number of carbonyl (C=O) groups excluding carboxylic acids is 1. The quantitative estimate of drug-likeness (QED) is 0.902. The molecule has 0 unspecified atom stereocenters. The van der Waals surface area contributed by atoms with Crippen LogP contribution in [0, 0.1) is 0 Å². The highest BCUT2D eigenvalue weighted by Crippen LogP contribution is 2.24. The predicted molar refractivity (Wildman–Crippen MR) is 67.0 cm³/mol. The Bertz CT molecular complexity index is 540. The van der Waals surface area contributed by atoms with E-state index in [0.29, 0.717) is 11.7 Å². The van der Waals surface area contributed by atoms with E-state index < -0.39 is 0 Å². The van der Waals surface area contributed by atoms with E-state index in [1.165, 1.54) is 0 Å². The van der Waals surface area contributed by atoms with Gasteiger partial charge < -0.3 is 5.32 Å². The number of hydrogen-bond donors (Lipinski definition) is 1. The lowest BCUT2D eigenvalue weighted by Crippen LogP contribution is -2.27. The maximum atomic E-state index is 11.9. The third kappa shape index (κ3) is 2.10. The van der Waals surface area contributed by atoms with Crippen LogP contribution in [0.25, 0.3) is 10.6 Å². The Morgan fingerprint density at radius 3 is 3.06 bits per heavy atom. The molecule has 88 valence electrons. The van der Waals surface area contributed by atoms with E-state index in [0.717, 1.165) is 23.4 Å². The molecule has 2 aromatic heterocycles. The number of carbonyl (C=O) groups is 1. The van der Waals surface area contributed by atoms with Crippen LogP contribution in [0.3, 0.4) is 0 Å². The molecule has 1 N–H and O–H groups in total. The molecule has 0 atom stereocenters. The maximum absolute atomic E-state index is 11.9. The first kappa shape index (κ1) is 10.5. The standard InChI is InChI=1S/C12H13N3OS/c1-15-10(12(16)13-8-4-5-8)7-9(14-15)11-3-2-6-17-11/h2-3,6-8H,4-5H2,1H3,(H,13,16). The van der Waals surface area contributed by atoms with Gasteiger partial charge in [-0.3, -0.25) is 9.48 Å². The lowest BCUT2D eigenvalue weighted by Gasteiger charge is -2.01. The molecule has 0 aliphatic heterocycles. The molecular formula is C12H13N3OS. The fourth-order valence-electron chi connectivity index (χ4n) is 1.71. The summed E-state index contributed by atoms with van der Waals surface area (Å²) in [5.74, 6) is -0.0229. The van der Waals surface area contributed by atoms with Crippen LogP contribution in [0.2, 0.25) is 0 Å². The summed E-state index contributed by atoms with van der Waals surface area (Å²) < 4.78 is 1.65. The molecule has 5 heteroatoms. The summed E-state index contributed by atoms with van der Waals surface area (Å²) in [5, 5.41) is 9.35. The lowest BCUT2D eigenvalue weighted by atomic mass is 10.3. The Morgan fingerprint density at radius 1 is 1.59 bits per heavy atom. The van der Waals surface area contributed by atoms with Gasteiger partial charge in [-0.25, -0.2) is 0 Å². The van der Waals surface area contributed by atoms with Crippen LogP contribution in [-0.4, -0.2) is 21.7 Å². The zero-order chi connectivity index (χ0) is 11.8. The summed E-state index contributed by atoms with van der Waals surface area (Å²) in [5.41, 5.74) is 1.49. The second kappa shape index (κ2) is 4.00. The average Bonchev–Trinajstić information content (AvgIpc) is 2.83. The van der Waals surface area contributed by atoms with E-state index in [4.69, 9.17) is 0 Å². The van der Waals surface area contributed by atoms with Crippen molar-refractivity contribution in [3.63, 3.8) is 0 Å². The lowest BCUT2D eigenvalue weighted by molar-refractivity contribution is 0.0941. The first-order chi connectivity index (χ1) is 8.24. The fraction of sp³-hybridized carbons (Fsp3) is 0.333. The third-order valence-corrected chi connectivity index (χ3v) is 3.69. The number of aromatic nitrogens is 2. The van der Waals surface area contributed by atoms with Crippen molar-refractivity contribution < 1.29 is 4.79 Å². The molecule has 1 fully saturated rings. The number of aryl methyl sites for hydroxylation is 1. The second-order valence-corrected chi connectivity index (χ2v) is 5.21. The van der Waals surface area contributed by atoms with Gasteiger partial charge in [0.05, 0.1) is 4.88 Å². The van der Waals surface area contributed by atoms with Crippen molar-refractivity contribution in [1.29, 1.82) is 0 Å². The van der Waals surface area contributed by atoms with Gasteiger partial charge in [0.2, 0.25) is 0 Å². The molecule has 3 rings (SSSR count). The van der Waals surface area contributed by atoms with E-state index in [1.807, 2.05) is 23.6 Å². The van der Waals surface area contributed by atoms with E-state index in [-0.39, 0.29) is 5.91 Å². The Morgan fingerprint density at radius 2 is 2.41 bits per heavy atom. The van der Waals surface area contributed by atoms with Gasteiger partial charge in [0.1, 0.15) is 11.4 Å². The molecule has 0 saturated heterocycles. The molecule has 2 aromatic rings. The predicted octanol–water partition coefficient (Wildman–Crippen LogP) is 2.04. The molecule has 0 bridgehead atoms. The number of thiophene rings is 1. The maximum Gasteiger partial charge on any atom is 0.269 e. The molecular weight excluding hydrogens is 234 g/mol. The largest absolute Gasteiger partial charge is 0.348 e. The van der Waals surface area contributed by atoms with Crippen LogP contribution in [0.5, 0.6) is 0 Å². The molecule has 1 aliphatic rings. The number of amides is 1. The van der Waals surface area contributed by atoms with Crippen LogP contribution >= 0.6 is 11.3 Å². The minimum Gasteiger partial charge on any atom is -0.348 e. The molecule has 1 aliphatic carbocycles.